The minimum Gasteiger partial charge on any atom is -0.383 e. The van der Waals surface area contributed by atoms with Crippen LogP contribution in [0.4, 0.5) is 22.0 Å². The molecular formula is C61H78ClN13O9. The number of carbonyl (C=O) groups excluding carboxylic acids is 7. The molecule has 1 unspecified atom stereocenters. The monoisotopic (exact) mass is 1170 g/mol. The van der Waals surface area contributed by atoms with Crippen LogP contribution < -0.4 is 27.0 Å². The predicted octanol–water partition coefficient (Wildman–Crippen LogP) is 6.91. The van der Waals surface area contributed by atoms with Gasteiger partial charge in [0.15, 0.2) is 11.3 Å². The van der Waals surface area contributed by atoms with Crippen LogP contribution in [0.3, 0.4) is 0 Å². The Balaban J connectivity index is 0.738. The maximum atomic E-state index is 13.9. The first-order valence-corrected chi connectivity index (χ1v) is 28.8. The lowest BCUT2D eigenvalue weighted by Gasteiger charge is -2.32. The van der Waals surface area contributed by atoms with Crippen molar-refractivity contribution in [3.63, 3.8) is 0 Å². The van der Waals surface area contributed by atoms with Crippen LogP contribution in [0.5, 0.6) is 0 Å². The molecule has 0 spiro atoms. The minimum absolute atomic E-state index is 0.0181. The number of nitrogens with two attached hydrogens (primary N) is 1. The van der Waals surface area contributed by atoms with E-state index in [0.717, 1.165) is 52.8 Å². The van der Waals surface area contributed by atoms with Gasteiger partial charge in [-0.05, 0) is 151 Å². The molecule has 2 fully saturated rings. The summed E-state index contributed by atoms with van der Waals surface area (Å²) in [6.45, 7) is 15.6. The molecule has 3 aromatic carbocycles. The van der Waals surface area contributed by atoms with Crippen molar-refractivity contribution < 1.29 is 43.0 Å². The molecule has 8 amide bonds. The van der Waals surface area contributed by atoms with Gasteiger partial charge >= 0.3 is 6.03 Å². The molecule has 3 aliphatic rings. The van der Waals surface area contributed by atoms with Gasteiger partial charge in [-0.1, -0.05) is 35.9 Å². The summed E-state index contributed by atoms with van der Waals surface area (Å²) in [5.41, 5.74) is 12.6. The second-order valence-corrected chi connectivity index (χ2v) is 23.9. The smallest absolute Gasteiger partial charge is 0.319 e. The molecule has 2 saturated heterocycles. The number of fused-ring (bicyclic) bond motifs is 2. The molecule has 2 atom stereocenters. The van der Waals surface area contributed by atoms with E-state index in [1.54, 1.807) is 58.9 Å². The second-order valence-electron chi connectivity index (χ2n) is 23.5. The van der Waals surface area contributed by atoms with Crippen molar-refractivity contribution in [1.29, 1.82) is 0 Å². The Kier molecular flexibility index (Phi) is 19.9. The average molecular weight is 1170 g/mol. The van der Waals surface area contributed by atoms with Gasteiger partial charge < -0.3 is 50.8 Å². The maximum absolute atomic E-state index is 13.9. The summed E-state index contributed by atoms with van der Waals surface area (Å²) in [5, 5.41) is 16.6. The normalized spacial score (nSPS) is 16.6. The lowest BCUT2D eigenvalue weighted by Crippen LogP contribution is -2.52. The molecule has 0 aliphatic carbocycles. The van der Waals surface area contributed by atoms with Crippen LogP contribution in [0.2, 0.25) is 5.02 Å². The fourth-order valence-corrected chi connectivity index (χ4v) is 10.8. The molecule has 448 valence electrons. The van der Waals surface area contributed by atoms with E-state index >= 15 is 0 Å². The fourth-order valence-electron chi connectivity index (χ4n) is 10.6. The SMILES string of the molecule is Cc1c(CC(=O)N(C)C)ccc(NC(=O)c2nn([C@@H]3CCCN(C(=O)/C=C/CN(C)CCC(C)(C)OCCC(C)(C)OCCc4cc(Cl)cc(NC(=O)NCc5ccc6c(c5)CN(C5CCC(=O)NC5=O)C6=O)c4)C3)c3ncnc(N)c23)c1C. The van der Waals surface area contributed by atoms with Crippen molar-refractivity contribution in [2.45, 2.75) is 129 Å². The zero-order valence-electron chi connectivity index (χ0n) is 49.5. The molecule has 0 radical (unpaired) electrons. The standard InChI is InChI=1S/C61H78ClN13O9/c1-37-38(2)47(17-15-41(37)31-51(78)71(7)8)68-57(80)53-52-54(63)65-36-66-55(52)75(70-53)45-12-10-24-73(35-45)50(77)13-11-23-72(9)25-21-60(3,4)84-27-22-61(5,6)83-26-20-39-29-43(62)32-44(30-39)67-59(82)64-33-40-14-16-46-42(28-40)34-74(58(46)81)48-18-19-49(76)69-56(48)79/h11,13-17,28-30,32,36,45,48H,10,12,18-27,31,33-35H2,1-9H3,(H,68,80)(H2,63,65,66)(H2,64,67,82)(H,69,76,79)/b13-11+/t45-,48?/m1/s1. The maximum Gasteiger partial charge on any atom is 0.319 e. The van der Waals surface area contributed by atoms with Gasteiger partial charge in [-0.25, -0.2) is 19.4 Å². The van der Waals surface area contributed by atoms with E-state index in [4.69, 9.17) is 31.9 Å². The number of rotatable bonds is 23. The Bertz CT molecular complexity index is 3360. The summed E-state index contributed by atoms with van der Waals surface area (Å²) in [5.74, 6) is -1.54. The molecule has 2 aromatic heterocycles. The molecule has 5 aromatic rings. The van der Waals surface area contributed by atoms with Crippen molar-refractivity contribution in [3.8, 4) is 0 Å². The summed E-state index contributed by atoms with van der Waals surface area (Å²) in [6, 6.07) is 12.9. The number of likely N-dealkylation sites (N-methyl/N-ethyl adjacent to an activating group) is 2. The largest absolute Gasteiger partial charge is 0.383 e. The Labute approximate surface area is 495 Å². The number of hydrogen-bond acceptors (Lipinski definition) is 14. The number of halogens is 1. The second kappa shape index (κ2) is 26.8. The molecule has 23 heteroatoms. The van der Waals surface area contributed by atoms with Crippen LogP contribution >= 0.6 is 11.6 Å². The number of carbonyl (C=O) groups is 7. The zero-order chi connectivity index (χ0) is 60.6. The average Bonchev–Trinajstić information content (AvgIpc) is 2.08. The third-order valence-corrected chi connectivity index (χ3v) is 16.1. The van der Waals surface area contributed by atoms with Crippen LogP contribution in [-0.2, 0) is 54.6 Å². The van der Waals surface area contributed by atoms with Gasteiger partial charge in [-0.15, -0.1) is 0 Å². The highest BCUT2D eigenvalue weighted by Crippen LogP contribution is 2.32. The Morgan fingerprint density at radius 1 is 0.905 bits per heavy atom. The quantitative estimate of drug-likeness (QED) is 0.0329. The van der Waals surface area contributed by atoms with E-state index in [1.807, 2.05) is 65.1 Å². The minimum atomic E-state index is -0.702. The van der Waals surface area contributed by atoms with Crippen LogP contribution in [0.25, 0.3) is 11.0 Å². The molecule has 0 bridgehead atoms. The summed E-state index contributed by atoms with van der Waals surface area (Å²) in [7, 11) is 5.45. The van der Waals surface area contributed by atoms with E-state index in [9.17, 15) is 33.6 Å². The third-order valence-electron chi connectivity index (χ3n) is 15.9. The van der Waals surface area contributed by atoms with E-state index in [2.05, 4.69) is 50.0 Å². The molecule has 84 heavy (non-hydrogen) atoms. The highest BCUT2D eigenvalue weighted by atomic mass is 35.5. The van der Waals surface area contributed by atoms with Crippen LogP contribution in [0, 0.1) is 13.8 Å². The fraction of sp³-hybridized carbons (Fsp3) is 0.475. The summed E-state index contributed by atoms with van der Waals surface area (Å²) >= 11 is 6.48. The van der Waals surface area contributed by atoms with Gasteiger partial charge in [-0.3, -0.25) is 34.1 Å². The number of urea groups is 1. The van der Waals surface area contributed by atoms with E-state index in [0.29, 0.717) is 85.1 Å². The molecule has 5 heterocycles. The van der Waals surface area contributed by atoms with Crippen LogP contribution in [-0.4, -0.2) is 159 Å². The number of nitrogen functional groups attached to an aromatic ring is 1. The predicted molar refractivity (Wildman–Crippen MR) is 320 cm³/mol. The van der Waals surface area contributed by atoms with Crippen molar-refractivity contribution in [3.05, 3.63) is 117 Å². The van der Waals surface area contributed by atoms with Crippen molar-refractivity contribution in [2.24, 2.45) is 0 Å². The third kappa shape index (κ3) is 15.7. The van der Waals surface area contributed by atoms with Crippen molar-refractivity contribution in [2.75, 3.05) is 76.9 Å². The molecular weight excluding hydrogens is 1090 g/mol. The zero-order valence-corrected chi connectivity index (χ0v) is 50.3. The highest BCUT2D eigenvalue weighted by molar-refractivity contribution is 6.31. The summed E-state index contributed by atoms with van der Waals surface area (Å²) in [6.07, 6.45) is 8.95. The highest BCUT2D eigenvalue weighted by Gasteiger charge is 2.39. The summed E-state index contributed by atoms with van der Waals surface area (Å²) in [4.78, 5) is 106. The van der Waals surface area contributed by atoms with Crippen molar-refractivity contribution in [1.82, 2.24) is 50.0 Å². The first kappa shape index (κ1) is 62.3. The number of nitrogens with one attached hydrogen (secondary N) is 4. The van der Waals surface area contributed by atoms with Gasteiger partial charge in [-0.2, -0.15) is 5.10 Å². The van der Waals surface area contributed by atoms with E-state index in [1.165, 1.54) is 11.2 Å². The molecule has 22 nitrogen and oxygen atoms in total. The first-order chi connectivity index (χ1) is 39.8. The number of benzene rings is 3. The number of anilines is 3. The number of ether oxygens (including phenoxy) is 2. The summed E-state index contributed by atoms with van der Waals surface area (Å²) < 4.78 is 14.4. The molecule has 3 aliphatic heterocycles. The number of nitrogens with zero attached hydrogens (tertiary/aromatic N) is 8. The molecule has 8 rings (SSSR count). The Hall–Kier alpha value is -7.79. The number of imide groups is 1. The van der Waals surface area contributed by atoms with Gasteiger partial charge in [0.25, 0.3) is 11.8 Å². The molecule has 0 saturated carbocycles. The van der Waals surface area contributed by atoms with Gasteiger partial charge in [0.2, 0.25) is 23.6 Å². The number of piperidine rings is 2. The van der Waals surface area contributed by atoms with Crippen molar-refractivity contribution >= 4 is 81.3 Å². The van der Waals surface area contributed by atoms with Crippen LogP contribution in [0.15, 0.2) is 67.0 Å². The van der Waals surface area contributed by atoms with Gasteiger partial charge in [0, 0.05) is 87.8 Å². The van der Waals surface area contributed by atoms with Gasteiger partial charge in [0.05, 0.1) is 42.3 Å². The molecule has 6 N–H and O–H groups in total. The van der Waals surface area contributed by atoms with Gasteiger partial charge in [0.1, 0.15) is 18.2 Å². The first-order valence-electron chi connectivity index (χ1n) is 28.5. The topological polar surface area (TPSA) is 269 Å². The Morgan fingerprint density at radius 2 is 1.67 bits per heavy atom. The lowest BCUT2D eigenvalue weighted by molar-refractivity contribution is -0.137. The van der Waals surface area contributed by atoms with Crippen LogP contribution in [0.1, 0.15) is 126 Å². The lowest BCUT2D eigenvalue weighted by atomic mass is 9.98. The number of amides is 8. The number of likely N-dealkylation sites (tertiary alicyclic amines) is 1. The number of aromatic nitrogens is 4. The van der Waals surface area contributed by atoms with E-state index in [-0.39, 0.29) is 73.5 Å². The Morgan fingerprint density at radius 3 is 2.43 bits per heavy atom. The van der Waals surface area contributed by atoms with E-state index < -0.39 is 35.1 Å². The number of hydrogen-bond donors (Lipinski definition) is 5.